The van der Waals surface area contributed by atoms with Crippen molar-refractivity contribution in [2.24, 2.45) is 0 Å². The number of unbranched alkanes of at least 4 members (excludes halogenated alkanes) is 13. The van der Waals surface area contributed by atoms with E-state index in [1.807, 2.05) is 12.2 Å². The summed E-state index contributed by atoms with van der Waals surface area (Å²) < 4.78 is 0.932. The van der Waals surface area contributed by atoms with Crippen LogP contribution in [0.1, 0.15) is 96.8 Å². The molecule has 0 bridgehead atoms. The fraction of sp³-hybridized carbons (Fsp3) is 0.760. The van der Waals surface area contributed by atoms with Crippen LogP contribution in [0.4, 0.5) is 0 Å². The van der Waals surface area contributed by atoms with Gasteiger partial charge in [-0.1, -0.05) is 97.1 Å². The zero-order chi connectivity index (χ0) is 19.3. The number of hydrogen-bond acceptors (Lipinski definition) is 0. The molecule has 1 nitrogen and oxygen atoms in total. The summed E-state index contributed by atoms with van der Waals surface area (Å²) in [5.41, 5.74) is 0. The summed E-state index contributed by atoms with van der Waals surface area (Å²) >= 11 is 0. The topological polar surface area (TPSA) is 0 Å². The molecule has 0 saturated heterocycles. The van der Waals surface area contributed by atoms with Gasteiger partial charge in [0.2, 0.25) is 0 Å². The first-order valence-electron chi connectivity index (χ1n) is 11.2. The van der Waals surface area contributed by atoms with E-state index in [0.717, 1.165) is 30.7 Å². The molecule has 150 valence electrons. The summed E-state index contributed by atoms with van der Waals surface area (Å²) in [7, 11) is 0. The lowest BCUT2D eigenvalue weighted by Gasteiger charge is -2.35. The zero-order valence-corrected chi connectivity index (χ0v) is 17.8. The number of quaternary nitrogens is 1. The molecule has 0 aliphatic heterocycles. The Balaban J connectivity index is 3.57. The Labute approximate surface area is 165 Å². The average Bonchev–Trinajstić information content (AvgIpc) is 2.63. The maximum absolute atomic E-state index is 5.59. The van der Waals surface area contributed by atoms with Crippen molar-refractivity contribution in [2.45, 2.75) is 96.8 Å². The fourth-order valence-electron chi connectivity index (χ4n) is 3.85. The van der Waals surface area contributed by atoms with Crippen LogP contribution >= 0.6 is 0 Å². The van der Waals surface area contributed by atoms with E-state index in [0.29, 0.717) is 0 Å². The van der Waals surface area contributed by atoms with E-state index >= 15 is 0 Å². The lowest BCUT2D eigenvalue weighted by atomic mass is 10.0. The molecule has 0 atom stereocenters. The molecule has 0 spiro atoms. The minimum atomic E-state index is 0.788. The highest BCUT2D eigenvalue weighted by atomic mass is 15.3. The Morgan fingerprint density at radius 2 is 1.08 bits per heavy atom. The molecule has 0 heterocycles. The van der Waals surface area contributed by atoms with Crippen LogP contribution < -0.4 is 0 Å². The highest BCUT2D eigenvalue weighted by Crippen LogP contribution is 2.15. The van der Waals surface area contributed by atoms with Crippen molar-refractivity contribution in [2.75, 3.05) is 26.2 Å². The highest BCUT2D eigenvalue weighted by Gasteiger charge is 2.22. The summed E-state index contributed by atoms with van der Waals surface area (Å²) in [5, 5.41) is 0. The summed E-state index contributed by atoms with van der Waals surface area (Å²) in [6.07, 6.45) is 29.3. The minimum Gasteiger partial charge on any atom is -0.307 e. The number of terminal acetylenes is 1. The molecule has 0 aliphatic carbocycles. The SMILES string of the molecule is C#CC[N+](CC=C)(CC=C)CCCCCCCCCCCCCCCC. The van der Waals surface area contributed by atoms with Gasteiger partial charge in [-0.15, -0.1) is 6.42 Å². The van der Waals surface area contributed by atoms with Gasteiger partial charge in [0, 0.05) is 0 Å². The Morgan fingerprint density at radius 1 is 0.692 bits per heavy atom. The first kappa shape index (κ1) is 25.0. The highest BCUT2D eigenvalue weighted by molar-refractivity contribution is 4.86. The molecule has 0 aromatic carbocycles. The van der Waals surface area contributed by atoms with E-state index in [1.165, 1.54) is 89.9 Å². The van der Waals surface area contributed by atoms with Crippen LogP contribution in [-0.4, -0.2) is 30.7 Å². The Bertz CT molecular complexity index is 353. The van der Waals surface area contributed by atoms with Crippen molar-refractivity contribution >= 4 is 0 Å². The standard InChI is InChI=1S/C25H46N/c1-5-9-10-11-12-13-14-15-16-17-18-19-20-21-25-26(22-6-2,23-7-3)24-8-4/h2,7-8H,3-5,9-25H2,1H3/q+1. The molecule has 0 radical (unpaired) electrons. The first-order chi connectivity index (χ1) is 12.7. The van der Waals surface area contributed by atoms with Crippen molar-refractivity contribution < 1.29 is 4.48 Å². The molecule has 0 fully saturated rings. The van der Waals surface area contributed by atoms with Gasteiger partial charge in [0.05, 0.1) is 19.6 Å². The van der Waals surface area contributed by atoms with Gasteiger partial charge >= 0.3 is 0 Å². The second-order valence-corrected chi connectivity index (χ2v) is 7.97. The van der Waals surface area contributed by atoms with Crippen LogP contribution in [0, 0.1) is 12.3 Å². The van der Waals surface area contributed by atoms with Gasteiger partial charge in [-0.05, 0) is 30.9 Å². The smallest absolute Gasteiger partial charge is 0.141 e. The maximum Gasteiger partial charge on any atom is 0.141 e. The van der Waals surface area contributed by atoms with Gasteiger partial charge in [0.25, 0.3) is 0 Å². The van der Waals surface area contributed by atoms with Gasteiger partial charge < -0.3 is 4.48 Å². The van der Waals surface area contributed by atoms with E-state index in [2.05, 4.69) is 26.0 Å². The molecular formula is C25H46N+. The third-order valence-electron chi connectivity index (χ3n) is 5.45. The summed E-state index contributed by atoms with van der Waals surface area (Å²) in [6, 6.07) is 0. The second-order valence-electron chi connectivity index (χ2n) is 7.97. The van der Waals surface area contributed by atoms with Gasteiger partial charge in [-0.3, -0.25) is 0 Å². The summed E-state index contributed by atoms with van der Waals surface area (Å²) in [5.74, 6) is 2.85. The quantitative estimate of drug-likeness (QED) is 0.0925. The van der Waals surface area contributed by atoms with Gasteiger partial charge in [-0.2, -0.15) is 0 Å². The second kappa shape index (κ2) is 18.8. The molecule has 1 heteroatoms. The predicted molar refractivity (Wildman–Crippen MR) is 119 cm³/mol. The molecule has 0 aromatic rings. The number of nitrogens with zero attached hydrogens (tertiary/aromatic N) is 1. The van der Waals surface area contributed by atoms with Crippen molar-refractivity contribution in [3.05, 3.63) is 25.3 Å². The van der Waals surface area contributed by atoms with Crippen LogP contribution in [0.2, 0.25) is 0 Å². The predicted octanol–water partition coefficient (Wildman–Crippen LogP) is 7.29. The van der Waals surface area contributed by atoms with E-state index in [1.54, 1.807) is 0 Å². The van der Waals surface area contributed by atoms with Crippen LogP contribution in [0.25, 0.3) is 0 Å². The molecule has 26 heavy (non-hydrogen) atoms. The third kappa shape index (κ3) is 14.2. The lowest BCUT2D eigenvalue weighted by Crippen LogP contribution is -2.49. The number of rotatable bonds is 20. The normalized spacial score (nSPS) is 11.2. The third-order valence-corrected chi connectivity index (χ3v) is 5.45. The molecule has 0 saturated carbocycles. The largest absolute Gasteiger partial charge is 0.307 e. The molecule has 0 rings (SSSR count). The molecule has 0 amide bonds. The van der Waals surface area contributed by atoms with Crippen LogP contribution in [0.3, 0.4) is 0 Å². The van der Waals surface area contributed by atoms with Gasteiger partial charge in [-0.25, -0.2) is 0 Å². The Kier molecular flexibility index (Phi) is 18.1. The van der Waals surface area contributed by atoms with Crippen molar-refractivity contribution in [1.82, 2.24) is 0 Å². The van der Waals surface area contributed by atoms with E-state index in [9.17, 15) is 0 Å². The van der Waals surface area contributed by atoms with Crippen LogP contribution in [-0.2, 0) is 0 Å². The lowest BCUT2D eigenvalue weighted by molar-refractivity contribution is -0.910. The van der Waals surface area contributed by atoms with E-state index in [4.69, 9.17) is 6.42 Å². The fourth-order valence-corrected chi connectivity index (χ4v) is 3.85. The van der Waals surface area contributed by atoms with Gasteiger partial charge in [0.15, 0.2) is 0 Å². The zero-order valence-electron chi connectivity index (χ0n) is 17.8. The Morgan fingerprint density at radius 3 is 1.42 bits per heavy atom. The summed E-state index contributed by atoms with van der Waals surface area (Å²) in [6.45, 7) is 14.0. The molecule has 0 aliphatic rings. The van der Waals surface area contributed by atoms with Crippen molar-refractivity contribution in [3.63, 3.8) is 0 Å². The Hall–Kier alpha value is -1.00. The molecule has 0 unspecified atom stereocenters. The monoisotopic (exact) mass is 360 g/mol. The molecule has 0 N–H and O–H groups in total. The maximum atomic E-state index is 5.59. The van der Waals surface area contributed by atoms with E-state index in [-0.39, 0.29) is 0 Å². The van der Waals surface area contributed by atoms with Crippen molar-refractivity contribution in [1.29, 1.82) is 0 Å². The average molecular weight is 361 g/mol. The molecular weight excluding hydrogens is 314 g/mol. The molecule has 0 aromatic heterocycles. The van der Waals surface area contributed by atoms with Gasteiger partial charge in [0.1, 0.15) is 6.54 Å². The van der Waals surface area contributed by atoms with E-state index < -0.39 is 0 Å². The minimum absolute atomic E-state index is 0.788. The van der Waals surface area contributed by atoms with Crippen molar-refractivity contribution in [3.8, 4) is 12.3 Å². The van der Waals surface area contributed by atoms with Crippen LogP contribution in [0.15, 0.2) is 25.3 Å². The van der Waals surface area contributed by atoms with Crippen LogP contribution in [0.5, 0.6) is 0 Å². The summed E-state index contributed by atoms with van der Waals surface area (Å²) in [4.78, 5) is 0. The number of hydrogen-bond donors (Lipinski definition) is 0. The first-order valence-corrected chi connectivity index (χ1v) is 11.2.